The lowest BCUT2D eigenvalue weighted by atomic mass is 9.77. The average Bonchev–Trinajstić information content (AvgIpc) is 3.14. The minimum absolute atomic E-state index is 0.578. The minimum atomic E-state index is -1.44. The quantitative estimate of drug-likeness (QED) is 0.454. The second-order valence-corrected chi connectivity index (χ2v) is 7.80. The molecule has 0 fully saturated rings. The van der Waals surface area contributed by atoms with Crippen molar-refractivity contribution in [2.24, 2.45) is 0 Å². The smallest absolute Gasteiger partial charge is 0.423 e. The van der Waals surface area contributed by atoms with Crippen LogP contribution in [-0.2, 0) is 32.4 Å². The molecular formula is C23H27BN2O2. The monoisotopic (exact) mass is 374 g/mol. The molecule has 0 atom stereocenters. The van der Waals surface area contributed by atoms with Gasteiger partial charge in [0.25, 0.3) is 0 Å². The fraction of sp³-hybridized carbons (Fsp3) is 0.304. The van der Waals surface area contributed by atoms with E-state index in [1.807, 2.05) is 18.2 Å². The molecule has 0 spiro atoms. The summed E-state index contributed by atoms with van der Waals surface area (Å²) in [7, 11) is 0.652. The zero-order chi connectivity index (χ0) is 19.7. The largest absolute Gasteiger partial charge is 0.488 e. The van der Waals surface area contributed by atoms with E-state index in [1.165, 1.54) is 33.4 Å². The van der Waals surface area contributed by atoms with Crippen molar-refractivity contribution in [2.75, 3.05) is 7.05 Å². The molecule has 1 aromatic heterocycles. The summed E-state index contributed by atoms with van der Waals surface area (Å²) in [5, 5.41) is 19.3. The molecule has 0 unspecified atom stereocenters. The first-order chi connectivity index (χ1) is 13.6. The van der Waals surface area contributed by atoms with Gasteiger partial charge in [0.1, 0.15) is 0 Å². The van der Waals surface area contributed by atoms with Crippen molar-refractivity contribution in [3.05, 3.63) is 87.7 Å². The molecule has 1 aliphatic carbocycles. The van der Waals surface area contributed by atoms with Crippen LogP contribution in [0.15, 0.2) is 48.8 Å². The Kier molecular flexibility index (Phi) is 5.40. The molecule has 1 aliphatic rings. The molecule has 4 nitrogen and oxygen atoms in total. The minimum Gasteiger partial charge on any atom is -0.423 e. The molecule has 28 heavy (non-hydrogen) atoms. The molecule has 0 radical (unpaired) electrons. The highest BCUT2D eigenvalue weighted by Gasteiger charge is 2.22. The van der Waals surface area contributed by atoms with Crippen molar-refractivity contribution in [3.8, 4) is 0 Å². The number of hydrogen-bond acceptors (Lipinski definition) is 3. The van der Waals surface area contributed by atoms with E-state index in [-0.39, 0.29) is 0 Å². The van der Waals surface area contributed by atoms with Crippen LogP contribution in [0.1, 0.15) is 45.9 Å². The van der Waals surface area contributed by atoms with Crippen molar-refractivity contribution in [3.63, 3.8) is 0 Å². The van der Waals surface area contributed by atoms with Gasteiger partial charge in [-0.2, -0.15) is 0 Å². The topological polar surface area (TPSA) is 59.5 Å². The van der Waals surface area contributed by atoms with Gasteiger partial charge in [0.2, 0.25) is 0 Å². The Morgan fingerprint density at radius 3 is 2.18 bits per heavy atom. The number of rotatable bonds is 6. The lowest BCUT2D eigenvalue weighted by Crippen LogP contribution is -2.35. The maximum atomic E-state index is 9.63. The normalized spacial score (nSPS) is 12.8. The first-order valence-corrected chi connectivity index (χ1v) is 9.96. The Morgan fingerprint density at radius 2 is 1.50 bits per heavy atom. The Labute approximate surface area is 167 Å². The molecule has 0 amide bonds. The van der Waals surface area contributed by atoms with Gasteiger partial charge >= 0.3 is 7.12 Å². The maximum absolute atomic E-state index is 9.63. The summed E-state index contributed by atoms with van der Waals surface area (Å²) >= 11 is 0. The van der Waals surface area contributed by atoms with Gasteiger partial charge in [0, 0.05) is 25.5 Å². The van der Waals surface area contributed by atoms with Gasteiger partial charge in [-0.05, 0) is 70.7 Å². The van der Waals surface area contributed by atoms with Crippen molar-refractivity contribution in [2.45, 2.75) is 39.3 Å². The van der Waals surface area contributed by atoms with Crippen LogP contribution in [0.5, 0.6) is 0 Å². The summed E-state index contributed by atoms with van der Waals surface area (Å²) in [6, 6.07) is 12.1. The number of fused-ring (bicyclic) bond motifs is 2. The van der Waals surface area contributed by atoms with Gasteiger partial charge in [0.05, 0.1) is 0 Å². The second kappa shape index (κ2) is 7.96. The standard InChI is InChI=1S/C23H27BN2O2/c1-3-16-8-9-17(22-11-20-13-25-12-19(20)10-21(16)22)14-26(2)15-18-6-4-5-7-23(18)24(27)28/h4-9,12-13,25,27-28H,3,10-11,14-15H2,1-2H3. The van der Waals surface area contributed by atoms with E-state index >= 15 is 0 Å². The highest BCUT2D eigenvalue weighted by Crippen LogP contribution is 2.32. The van der Waals surface area contributed by atoms with Crippen LogP contribution in [0.2, 0.25) is 0 Å². The Morgan fingerprint density at radius 1 is 0.893 bits per heavy atom. The molecule has 1 heterocycles. The number of hydrogen-bond donors (Lipinski definition) is 3. The first kappa shape index (κ1) is 19.0. The van der Waals surface area contributed by atoms with E-state index in [0.29, 0.717) is 12.0 Å². The van der Waals surface area contributed by atoms with Crippen LogP contribution in [0.25, 0.3) is 0 Å². The van der Waals surface area contributed by atoms with E-state index < -0.39 is 7.12 Å². The number of H-pyrrole nitrogens is 1. The number of aryl methyl sites for hydroxylation is 1. The number of aromatic nitrogens is 1. The fourth-order valence-electron chi connectivity index (χ4n) is 4.42. The van der Waals surface area contributed by atoms with Gasteiger partial charge in [-0.3, -0.25) is 4.90 Å². The number of benzene rings is 2. The molecule has 0 aliphatic heterocycles. The fourth-order valence-corrected chi connectivity index (χ4v) is 4.42. The van der Waals surface area contributed by atoms with Crippen LogP contribution in [0.4, 0.5) is 0 Å². The first-order valence-electron chi connectivity index (χ1n) is 9.96. The van der Waals surface area contributed by atoms with E-state index in [4.69, 9.17) is 0 Å². The SMILES string of the molecule is CCc1ccc(CN(C)Cc2ccccc2B(O)O)c2c1Cc1c[nH]cc1C2. The zero-order valence-corrected chi connectivity index (χ0v) is 16.6. The van der Waals surface area contributed by atoms with E-state index in [2.05, 4.69) is 48.4 Å². The zero-order valence-electron chi connectivity index (χ0n) is 16.6. The molecule has 0 saturated carbocycles. The third-order valence-corrected chi connectivity index (χ3v) is 5.88. The highest BCUT2D eigenvalue weighted by atomic mass is 16.4. The molecule has 0 saturated heterocycles. The molecule has 5 heteroatoms. The van der Waals surface area contributed by atoms with Gasteiger partial charge in [0.15, 0.2) is 0 Å². The summed E-state index contributed by atoms with van der Waals surface area (Å²) < 4.78 is 0. The second-order valence-electron chi connectivity index (χ2n) is 7.80. The highest BCUT2D eigenvalue weighted by molar-refractivity contribution is 6.59. The lowest BCUT2D eigenvalue weighted by Gasteiger charge is -2.26. The summed E-state index contributed by atoms with van der Waals surface area (Å²) in [6.07, 6.45) is 7.31. The van der Waals surface area contributed by atoms with Gasteiger partial charge in [-0.15, -0.1) is 0 Å². The summed E-state index contributed by atoms with van der Waals surface area (Å²) in [5.74, 6) is 0. The lowest BCUT2D eigenvalue weighted by molar-refractivity contribution is 0.318. The van der Waals surface area contributed by atoms with Crippen molar-refractivity contribution in [1.82, 2.24) is 9.88 Å². The van der Waals surface area contributed by atoms with Crippen LogP contribution in [0.3, 0.4) is 0 Å². The molecule has 3 N–H and O–H groups in total. The number of nitrogens with one attached hydrogen (secondary N) is 1. The van der Waals surface area contributed by atoms with Crippen molar-refractivity contribution in [1.29, 1.82) is 0 Å². The molecule has 0 bridgehead atoms. The maximum Gasteiger partial charge on any atom is 0.488 e. The number of aromatic amines is 1. The number of nitrogens with zero attached hydrogens (tertiary/aromatic N) is 1. The summed E-state index contributed by atoms with van der Waals surface area (Å²) in [4.78, 5) is 5.51. The third kappa shape index (κ3) is 3.66. The Hall–Kier alpha value is -2.34. The van der Waals surface area contributed by atoms with Crippen LogP contribution in [0, 0.1) is 0 Å². The Bertz CT molecular complexity index is 980. The van der Waals surface area contributed by atoms with Crippen LogP contribution < -0.4 is 5.46 Å². The molecule has 3 aromatic rings. The Balaban J connectivity index is 1.59. The van der Waals surface area contributed by atoms with E-state index in [0.717, 1.165) is 31.4 Å². The van der Waals surface area contributed by atoms with Gasteiger partial charge < -0.3 is 15.0 Å². The van der Waals surface area contributed by atoms with Crippen molar-refractivity contribution < 1.29 is 10.0 Å². The molecular weight excluding hydrogens is 347 g/mol. The van der Waals surface area contributed by atoms with Crippen LogP contribution in [-0.4, -0.2) is 34.1 Å². The van der Waals surface area contributed by atoms with Gasteiger partial charge in [-0.1, -0.05) is 43.3 Å². The molecule has 144 valence electrons. The summed E-state index contributed by atoms with van der Waals surface area (Å²) in [5.41, 5.74) is 10.1. The summed E-state index contributed by atoms with van der Waals surface area (Å²) in [6.45, 7) is 3.74. The van der Waals surface area contributed by atoms with Crippen LogP contribution >= 0.6 is 0 Å². The predicted molar refractivity (Wildman–Crippen MR) is 114 cm³/mol. The average molecular weight is 374 g/mol. The predicted octanol–water partition coefficient (Wildman–Crippen LogP) is 2.38. The van der Waals surface area contributed by atoms with Gasteiger partial charge in [-0.25, -0.2) is 0 Å². The van der Waals surface area contributed by atoms with E-state index in [9.17, 15) is 10.0 Å². The van der Waals surface area contributed by atoms with Crippen molar-refractivity contribution >= 4 is 12.6 Å². The molecule has 2 aromatic carbocycles. The third-order valence-electron chi connectivity index (χ3n) is 5.88. The molecule has 4 rings (SSSR count). The van der Waals surface area contributed by atoms with E-state index in [1.54, 1.807) is 6.07 Å².